The van der Waals surface area contributed by atoms with Gasteiger partial charge in [0.1, 0.15) is 11.2 Å². The van der Waals surface area contributed by atoms with Gasteiger partial charge < -0.3 is 13.9 Å². The van der Waals surface area contributed by atoms with E-state index >= 15 is 0 Å². The molecular weight excluding hydrogens is 837 g/mol. The molecular formula is C66H42N2O. The van der Waals surface area contributed by atoms with Crippen LogP contribution in [0.4, 0.5) is 17.1 Å². The molecule has 69 heavy (non-hydrogen) atoms. The summed E-state index contributed by atoms with van der Waals surface area (Å²) in [4.78, 5) is 2.43. The fourth-order valence-corrected chi connectivity index (χ4v) is 11.0. The fraction of sp³-hybridized carbons (Fsp3) is 0. The van der Waals surface area contributed by atoms with E-state index in [0.717, 1.165) is 83.3 Å². The molecule has 0 saturated heterocycles. The third-order valence-corrected chi connectivity index (χ3v) is 14.1. The molecule has 0 unspecified atom stereocenters. The van der Waals surface area contributed by atoms with Crippen molar-refractivity contribution in [3.8, 4) is 39.1 Å². The normalized spacial score (nSPS) is 11.8. The lowest BCUT2D eigenvalue weighted by Crippen LogP contribution is -2.11. The minimum absolute atomic E-state index is 0.873. The highest BCUT2D eigenvalue weighted by molar-refractivity contribution is 6.20. The van der Waals surface area contributed by atoms with Crippen LogP contribution in [-0.2, 0) is 0 Å². The number of fused-ring (bicyclic) bond motifs is 11. The Labute approximate surface area is 399 Å². The van der Waals surface area contributed by atoms with Crippen LogP contribution in [0.5, 0.6) is 0 Å². The number of aromatic nitrogens is 1. The van der Waals surface area contributed by atoms with E-state index in [9.17, 15) is 0 Å². The summed E-state index contributed by atoms with van der Waals surface area (Å²) in [7, 11) is 0. The SMILES string of the molecule is c1cc(-c2cc3ccccc3c3ccccc23)cc(N(c2ccc(-c3cccc(-n4c5ccccc5c5ccccc54)c3)cc2)c2ccccc2-c2cccc3oc4c5ccccc5ccc4c23)c1. The number of anilines is 3. The predicted octanol–water partition coefficient (Wildman–Crippen LogP) is 18.6. The monoisotopic (exact) mass is 878 g/mol. The summed E-state index contributed by atoms with van der Waals surface area (Å²) in [5, 5.41) is 12.0. The van der Waals surface area contributed by atoms with Crippen molar-refractivity contribution in [2.75, 3.05) is 4.90 Å². The van der Waals surface area contributed by atoms with E-state index in [0.29, 0.717) is 0 Å². The van der Waals surface area contributed by atoms with Crippen LogP contribution in [0.1, 0.15) is 0 Å². The van der Waals surface area contributed by atoms with E-state index < -0.39 is 0 Å². The number of hydrogen-bond acceptors (Lipinski definition) is 2. The van der Waals surface area contributed by atoms with E-state index in [1.165, 1.54) is 48.9 Å². The van der Waals surface area contributed by atoms with Gasteiger partial charge >= 0.3 is 0 Å². The summed E-state index contributed by atoms with van der Waals surface area (Å²) < 4.78 is 9.13. The Kier molecular flexibility index (Phi) is 8.90. The number of nitrogens with zero attached hydrogens (tertiary/aromatic N) is 2. The number of para-hydroxylation sites is 3. The van der Waals surface area contributed by atoms with Crippen LogP contribution < -0.4 is 4.90 Å². The standard InChI is InChI=1S/C66H42N2O/c1-4-23-52-44(16-1)36-39-59-65-58(29-15-33-64(65)69-66(52)59)57-28-9-10-30-61(57)67(49-20-14-19-46(41-49)60-42-47-17-2-3-22-51(47)53-24-5-6-25-54(53)60)48-37-34-43(35-38-48)45-18-13-21-50(40-45)68-62-31-11-7-26-55(62)56-27-8-12-32-63(56)68/h1-42H. The van der Waals surface area contributed by atoms with Crippen molar-refractivity contribution in [3.63, 3.8) is 0 Å². The molecule has 0 bridgehead atoms. The van der Waals surface area contributed by atoms with Gasteiger partial charge in [-0.15, -0.1) is 0 Å². The molecule has 0 N–H and O–H groups in total. The second-order valence-electron chi connectivity index (χ2n) is 18.0. The minimum atomic E-state index is 0.873. The zero-order valence-electron chi connectivity index (χ0n) is 37.6. The largest absolute Gasteiger partial charge is 0.455 e. The highest BCUT2D eigenvalue weighted by Gasteiger charge is 2.22. The zero-order valence-corrected chi connectivity index (χ0v) is 37.6. The first-order valence-corrected chi connectivity index (χ1v) is 23.7. The average molecular weight is 879 g/mol. The van der Waals surface area contributed by atoms with Crippen molar-refractivity contribution in [1.29, 1.82) is 0 Å². The molecule has 12 aromatic carbocycles. The molecule has 2 heterocycles. The number of rotatable bonds is 7. The maximum atomic E-state index is 6.74. The molecule has 0 aliphatic heterocycles. The van der Waals surface area contributed by atoms with Crippen LogP contribution in [0.3, 0.4) is 0 Å². The van der Waals surface area contributed by atoms with Gasteiger partial charge in [-0.1, -0.05) is 182 Å². The van der Waals surface area contributed by atoms with E-state index in [1.54, 1.807) is 0 Å². The maximum Gasteiger partial charge on any atom is 0.143 e. The lowest BCUT2D eigenvalue weighted by atomic mass is 9.93. The highest BCUT2D eigenvalue weighted by atomic mass is 16.3. The van der Waals surface area contributed by atoms with E-state index in [-0.39, 0.29) is 0 Å². The molecule has 3 heteroatoms. The van der Waals surface area contributed by atoms with Gasteiger partial charge in [-0.3, -0.25) is 0 Å². The lowest BCUT2D eigenvalue weighted by Gasteiger charge is -2.29. The second kappa shape index (κ2) is 15.7. The third kappa shape index (κ3) is 6.29. The van der Waals surface area contributed by atoms with E-state index in [2.05, 4.69) is 264 Å². The van der Waals surface area contributed by atoms with Gasteiger partial charge in [0.15, 0.2) is 0 Å². The number of furan rings is 1. The van der Waals surface area contributed by atoms with Gasteiger partial charge in [0.2, 0.25) is 0 Å². The smallest absolute Gasteiger partial charge is 0.143 e. The van der Waals surface area contributed by atoms with E-state index in [1.807, 2.05) is 0 Å². The molecule has 3 nitrogen and oxygen atoms in total. The Bertz CT molecular complexity index is 4270. The molecule has 0 aliphatic carbocycles. The van der Waals surface area contributed by atoms with Gasteiger partial charge in [-0.25, -0.2) is 0 Å². The van der Waals surface area contributed by atoms with Crippen molar-refractivity contribution < 1.29 is 4.42 Å². The van der Waals surface area contributed by atoms with Gasteiger partial charge in [-0.05, 0) is 128 Å². The van der Waals surface area contributed by atoms with Gasteiger partial charge in [0.25, 0.3) is 0 Å². The lowest BCUT2D eigenvalue weighted by molar-refractivity contribution is 0.673. The minimum Gasteiger partial charge on any atom is -0.455 e. The first kappa shape index (κ1) is 39.0. The maximum absolute atomic E-state index is 6.74. The van der Waals surface area contributed by atoms with Gasteiger partial charge in [-0.2, -0.15) is 0 Å². The van der Waals surface area contributed by atoms with Crippen LogP contribution in [0.2, 0.25) is 0 Å². The predicted molar refractivity (Wildman–Crippen MR) is 292 cm³/mol. The molecule has 0 spiro atoms. The van der Waals surface area contributed by atoms with Gasteiger partial charge in [0, 0.05) is 49.6 Å². The van der Waals surface area contributed by atoms with Crippen molar-refractivity contribution in [3.05, 3.63) is 255 Å². The summed E-state index contributed by atoms with van der Waals surface area (Å²) >= 11 is 0. The Balaban J connectivity index is 0.947. The van der Waals surface area contributed by atoms with Crippen LogP contribution in [0.25, 0.3) is 115 Å². The summed E-state index contributed by atoms with van der Waals surface area (Å²) in [6.45, 7) is 0. The fourth-order valence-electron chi connectivity index (χ4n) is 11.0. The topological polar surface area (TPSA) is 21.3 Å². The van der Waals surface area contributed by atoms with Crippen LogP contribution in [-0.4, -0.2) is 4.57 Å². The number of benzene rings is 12. The molecule has 14 rings (SSSR count). The Morgan fingerprint density at radius 3 is 1.75 bits per heavy atom. The third-order valence-electron chi connectivity index (χ3n) is 14.1. The van der Waals surface area contributed by atoms with Crippen molar-refractivity contribution >= 4 is 93.1 Å². The summed E-state index contributed by atoms with van der Waals surface area (Å²) in [6.07, 6.45) is 0. The van der Waals surface area contributed by atoms with Crippen molar-refractivity contribution in [1.82, 2.24) is 4.57 Å². The number of hydrogen-bond donors (Lipinski definition) is 0. The molecule has 0 amide bonds. The molecule has 322 valence electrons. The molecule has 0 radical (unpaired) electrons. The van der Waals surface area contributed by atoms with Crippen molar-refractivity contribution in [2.45, 2.75) is 0 Å². The zero-order chi connectivity index (χ0) is 45.4. The average Bonchev–Trinajstić information content (AvgIpc) is 3.98. The second-order valence-corrected chi connectivity index (χ2v) is 18.0. The Morgan fingerprint density at radius 1 is 0.319 bits per heavy atom. The van der Waals surface area contributed by atoms with Gasteiger partial charge in [0.05, 0.1) is 16.7 Å². The Hall–Kier alpha value is -9.18. The first-order chi connectivity index (χ1) is 34.2. The molecule has 0 atom stereocenters. The quantitative estimate of drug-likeness (QED) is 0.149. The van der Waals surface area contributed by atoms with Crippen LogP contribution in [0.15, 0.2) is 259 Å². The summed E-state index contributed by atoms with van der Waals surface area (Å²) in [6, 6.07) is 92.5. The summed E-state index contributed by atoms with van der Waals surface area (Å²) in [5.41, 5.74) is 15.4. The first-order valence-electron chi connectivity index (χ1n) is 23.7. The van der Waals surface area contributed by atoms with E-state index in [4.69, 9.17) is 4.42 Å². The summed E-state index contributed by atoms with van der Waals surface area (Å²) in [5.74, 6) is 0. The molecule has 0 aliphatic rings. The molecule has 0 saturated carbocycles. The highest BCUT2D eigenvalue weighted by Crippen LogP contribution is 2.47. The molecule has 14 aromatic rings. The van der Waals surface area contributed by atoms with Crippen LogP contribution >= 0.6 is 0 Å². The molecule has 0 fully saturated rings. The molecule has 2 aromatic heterocycles. The van der Waals surface area contributed by atoms with Crippen molar-refractivity contribution in [2.24, 2.45) is 0 Å². The van der Waals surface area contributed by atoms with Crippen LogP contribution in [0, 0.1) is 0 Å². The Morgan fingerprint density at radius 2 is 0.942 bits per heavy atom.